The van der Waals surface area contributed by atoms with Crippen LogP contribution < -0.4 is 0 Å². The van der Waals surface area contributed by atoms with E-state index in [4.69, 9.17) is 14.2 Å². The van der Waals surface area contributed by atoms with E-state index < -0.39 is 6.10 Å². The first kappa shape index (κ1) is 63.6. The number of allylic oxidation sites excluding steroid dienone is 6. The van der Waals surface area contributed by atoms with E-state index in [1.807, 2.05) is 0 Å². The van der Waals surface area contributed by atoms with Crippen molar-refractivity contribution in [3.05, 3.63) is 36.5 Å². The average molecular weight is 928 g/mol. The van der Waals surface area contributed by atoms with Crippen molar-refractivity contribution in [1.82, 2.24) is 0 Å². The Morgan fingerprint density at radius 1 is 0.303 bits per heavy atom. The van der Waals surface area contributed by atoms with Crippen LogP contribution >= 0.6 is 0 Å². The second-order valence-electron chi connectivity index (χ2n) is 19.6. The van der Waals surface area contributed by atoms with Crippen molar-refractivity contribution >= 4 is 17.9 Å². The van der Waals surface area contributed by atoms with E-state index in [-0.39, 0.29) is 31.1 Å². The molecule has 66 heavy (non-hydrogen) atoms. The predicted molar refractivity (Wildman–Crippen MR) is 284 cm³/mol. The molecular formula is C60H110O6. The zero-order valence-corrected chi connectivity index (χ0v) is 44.2. The molecule has 0 heterocycles. The summed E-state index contributed by atoms with van der Waals surface area (Å²) < 4.78 is 16.7. The Morgan fingerprint density at radius 2 is 0.545 bits per heavy atom. The second-order valence-corrected chi connectivity index (χ2v) is 19.6. The van der Waals surface area contributed by atoms with Crippen LogP contribution in [0.4, 0.5) is 0 Å². The van der Waals surface area contributed by atoms with Gasteiger partial charge in [0.1, 0.15) is 13.2 Å². The SMILES string of the molecule is CCCCCCC/C=C\C/C=C\C/C=C\CCCCCCCCCCCCCCCCCCC(=O)OCC(COC(=O)CCCCCCC)OC(=O)CCCCCCCCCCCCCC. The summed E-state index contributed by atoms with van der Waals surface area (Å²) in [4.78, 5) is 37.7. The van der Waals surface area contributed by atoms with Crippen LogP contribution in [0, 0.1) is 0 Å². The number of hydrogen-bond donors (Lipinski definition) is 0. The van der Waals surface area contributed by atoms with E-state index in [1.54, 1.807) is 0 Å². The van der Waals surface area contributed by atoms with Gasteiger partial charge < -0.3 is 14.2 Å². The zero-order chi connectivity index (χ0) is 47.9. The summed E-state index contributed by atoms with van der Waals surface area (Å²) in [6.07, 6.45) is 66.3. The second kappa shape index (κ2) is 55.2. The molecule has 386 valence electrons. The van der Waals surface area contributed by atoms with Crippen LogP contribution in [0.5, 0.6) is 0 Å². The summed E-state index contributed by atoms with van der Waals surface area (Å²) in [6.45, 7) is 6.57. The fourth-order valence-electron chi connectivity index (χ4n) is 8.51. The summed E-state index contributed by atoms with van der Waals surface area (Å²) in [5.41, 5.74) is 0. The highest BCUT2D eigenvalue weighted by molar-refractivity contribution is 5.71. The summed E-state index contributed by atoms with van der Waals surface area (Å²) >= 11 is 0. The molecule has 0 fully saturated rings. The first-order chi connectivity index (χ1) is 32.5. The Balaban J connectivity index is 3.91. The van der Waals surface area contributed by atoms with Crippen molar-refractivity contribution in [2.75, 3.05) is 13.2 Å². The van der Waals surface area contributed by atoms with Crippen LogP contribution in [0.3, 0.4) is 0 Å². The Hall–Kier alpha value is -2.37. The summed E-state index contributed by atoms with van der Waals surface area (Å²) in [7, 11) is 0. The molecule has 0 N–H and O–H groups in total. The maximum Gasteiger partial charge on any atom is 0.306 e. The number of rotatable bonds is 53. The van der Waals surface area contributed by atoms with Crippen molar-refractivity contribution in [3.63, 3.8) is 0 Å². The molecule has 0 aromatic carbocycles. The normalized spacial score (nSPS) is 12.2. The predicted octanol–water partition coefficient (Wildman–Crippen LogP) is 19.3. The Morgan fingerprint density at radius 3 is 0.848 bits per heavy atom. The molecule has 0 spiro atoms. The lowest BCUT2D eigenvalue weighted by atomic mass is 10.0. The summed E-state index contributed by atoms with van der Waals surface area (Å²) in [6, 6.07) is 0. The van der Waals surface area contributed by atoms with Crippen LogP contribution in [-0.4, -0.2) is 37.2 Å². The molecule has 0 aromatic rings. The molecule has 0 aliphatic heterocycles. The fourth-order valence-corrected chi connectivity index (χ4v) is 8.51. The van der Waals surface area contributed by atoms with Gasteiger partial charge in [0, 0.05) is 19.3 Å². The summed E-state index contributed by atoms with van der Waals surface area (Å²) in [5, 5.41) is 0. The number of hydrogen-bond acceptors (Lipinski definition) is 6. The van der Waals surface area contributed by atoms with Crippen LogP contribution in [-0.2, 0) is 28.6 Å². The Bertz CT molecular complexity index is 1110. The van der Waals surface area contributed by atoms with Crippen LogP contribution in [0.1, 0.15) is 310 Å². The lowest BCUT2D eigenvalue weighted by Gasteiger charge is -2.18. The lowest BCUT2D eigenvalue weighted by molar-refractivity contribution is -0.167. The third-order valence-electron chi connectivity index (χ3n) is 12.9. The molecule has 0 saturated heterocycles. The van der Waals surface area contributed by atoms with Crippen molar-refractivity contribution in [2.24, 2.45) is 0 Å². The third kappa shape index (κ3) is 52.6. The molecule has 0 aromatic heterocycles. The number of carbonyl (C=O) groups is 3. The van der Waals surface area contributed by atoms with Crippen molar-refractivity contribution in [2.45, 2.75) is 316 Å². The van der Waals surface area contributed by atoms with Crippen LogP contribution in [0.25, 0.3) is 0 Å². The maximum atomic E-state index is 12.7. The van der Waals surface area contributed by atoms with E-state index in [0.717, 1.165) is 77.0 Å². The first-order valence-electron chi connectivity index (χ1n) is 29.0. The van der Waals surface area contributed by atoms with Gasteiger partial charge in [0.2, 0.25) is 0 Å². The minimum atomic E-state index is -0.763. The van der Waals surface area contributed by atoms with Gasteiger partial charge in [-0.25, -0.2) is 0 Å². The zero-order valence-electron chi connectivity index (χ0n) is 44.2. The van der Waals surface area contributed by atoms with Gasteiger partial charge in [-0.1, -0.05) is 269 Å². The van der Waals surface area contributed by atoms with Crippen LogP contribution in [0.2, 0.25) is 0 Å². The van der Waals surface area contributed by atoms with Gasteiger partial charge in [-0.15, -0.1) is 0 Å². The van der Waals surface area contributed by atoms with Crippen molar-refractivity contribution < 1.29 is 28.6 Å². The minimum absolute atomic E-state index is 0.0678. The van der Waals surface area contributed by atoms with Gasteiger partial charge in [0.05, 0.1) is 0 Å². The smallest absolute Gasteiger partial charge is 0.306 e. The van der Waals surface area contributed by atoms with E-state index in [1.165, 1.54) is 193 Å². The van der Waals surface area contributed by atoms with Gasteiger partial charge in [0.15, 0.2) is 6.10 Å². The summed E-state index contributed by atoms with van der Waals surface area (Å²) in [5.74, 6) is -0.869. The highest BCUT2D eigenvalue weighted by Crippen LogP contribution is 2.17. The van der Waals surface area contributed by atoms with Gasteiger partial charge in [-0.05, 0) is 57.8 Å². The number of esters is 3. The van der Waals surface area contributed by atoms with Crippen molar-refractivity contribution in [3.8, 4) is 0 Å². The molecule has 0 bridgehead atoms. The standard InChI is InChI=1S/C60H110O6/c1-4-7-10-13-15-17-19-21-22-23-24-25-26-27-28-29-30-31-32-33-34-35-36-37-38-39-41-42-44-47-50-53-59(62)65-56-57(55-64-58(61)52-49-46-12-9-6-3)66-60(63)54-51-48-45-43-40-20-18-16-14-11-8-5-2/h19,21,23-24,26-27,57H,4-18,20,22,25,28-56H2,1-3H3/b21-19-,24-23-,27-26-. The van der Waals surface area contributed by atoms with Crippen molar-refractivity contribution in [1.29, 1.82) is 0 Å². The molecule has 0 amide bonds. The minimum Gasteiger partial charge on any atom is -0.462 e. The fraction of sp³-hybridized carbons (Fsp3) is 0.850. The van der Waals surface area contributed by atoms with Gasteiger partial charge in [0.25, 0.3) is 0 Å². The highest BCUT2D eigenvalue weighted by atomic mass is 16.6. The van der Waals surface area contributed by atoms with Gasteiger partial charge in [-0.2, -0.15) is 0 Å². The third-order valence-corrected chi connectivity index (χ3v) is 12.9. The Labute approximate surface area is 410 Å². The molecule has 6 heteroatoms. The topological polar surface area (TPSA) is 78.9 Å². The van der Waals surface area contributed by atoms with Gasteiger partial charge in [-0.3, -0.25) is 14.4 Å². The first-order valence-corrected chi connectivity index (χ1v) is 29.0. The molecule has 0 saturated carbocycles. The lowest BCUT2D eigenvalue weighted by Crippen LogP contribution is -2.30. The molecule has 0 aliphatic carbocycles. The van der Waals surface area contributed by atoms with E-state index in [0.29, 0.717) is 19.3 Å². The molecule has 1 atom stereocenters. The van der Waals surface area contributed by atoms with Crippen LogP contribution in [0.15, 0.2) is 36.5 Å². The monoisotopic (exact) mass is 927 g/mol. The maximum absolute atomic E-state index is 12.7. The quantitative estimate of drug-likeness (QED) is 0.0262. The van der Waals surface area contributed by atoms with Gasteiger partial charge >= 0.3 is 17.9 Å². The molecule has 6 nitrogen and oxygen atoms in total. The number of unbranched alkanes of at least 4 members (excludes halogenated alkanes) is 36. The number of carbonyl (C=O) groups excluding carboxylic acids is 3. The average Bonchev–Trinajstić information content (AvgIpc) is 3.31. The number of ether oxygens (including phenoxy) is 3. The van der Waals surface area contributed by atoms with E-state index >= 15 is 0 Å². The molecule has 0 rings (SSSR count). The van der Waals surface area contributed by atoms with E-state index in [9.17, 15) is 14.4 Å². The molecule has 0 radical (unpaired) electrons. The molecule has 1 unspecified atom stereocenters. The molecule has 0 aliphatic rings. The highest BCUT2D eigenvalue weighted by Gasteiger charge is 2.19. The van der Waals surface area contributed by atoms with E-state index in [2.05, 4.69) is 57.2 Å². The largest absolute Gasteiger partial charge is 0.462 e. The Kier molecular flexibility index (Phi) is 53.2. The molecular weight excluding hydrogens is 817 g/mol.